The molecule has 0 N–H and O–H groups in total. The van der Waals surface area contributed by atoms with Gasteiger partial charge in [0.05, 0.1) is 26.0 Å². The molecular weight excluding hydrogens is 354 g/mol. The minimum atomic E-state index is 0.272. The van der Waals surface area contributed by atoms with Crippen molar-refractivity contribution in [3.05, 3.63) is 47.7 Å². The lowest BCUT2D eigenvalue weighted by Crippen LogP contribution is -2.37. The number of aromatic nitrogens is 4. The number of nitrogens with zero attached hydrogens (tertiary/aromatic N) is 5. The summed E-state index contributed by atoms with van der Waals surface area (Å²) in [4.78, 5) is 11.1. The Kier molecular flexibility index (Phi) is 4.73. The second-order valence-electron chi connectivity index (χ2n) is 5.78. The van der Waals surface area contributed by atoms with E-state index in [0.717, 1.165) is 18.8 Å². The lowest BCUT2D eigenvalue weighted by atomic mass is 10.3. The van der Waals surface area contributed by atoms with Crippen molar-refractivity contribution in [3.63, 3.8) is 0 Å². The van der Waals surface area contributed by atoms with E-state index >= 15 is 0 Å². The van der Waals surface area contributed by atoms with Crippen LogP contribution in [-0.4, -0.2) is 53.2 Å². The Morgan fingerprint density at radius 2 is 1.85 bits per heavy atom. The largest absolute Gasteiger partial charge is 0.491 e. The summed E-state index contributed by atoms with van der Waals surface area (Å²) >= 11 is 6.36. The molecule has 26 heavy (non-hydrogen) atoms. The summed E-state index contributed by atoms with van der Waals surface area (Å²) in [7, 11) is 1.55. The molecule has 3 heterocycles. The minimum Gasteiger partial charge on any atom is -0.491 e. The van der Waals surface area contributed by atoms with E-state index in [2.05, 4.69) is 15.1 Å². The smallest absolute Gasteiger partial charge is 0.227 e. The van der Waals surface area contributed by atoms with Gasteiger partial charge in [0, 0.05) is 19.3 Å². The van der Waals surface area contributed by atoms with Gasteiger partial charge >= 0.3 is 0 Å². The standard InChI is InChI=1S/C18H18ClN5O2/c1-25-16-15(14-7-8-24(22-14)13-5-3-2-4-6-13)20-18(21-17(16)19)23-9-11-26-12-10-23/h2-8H,9-12H2,1H3. The minimum absolute atomic E-state index is 0.272. The SMILES string of the molecule is COc1c(Cl)nc(N2CCOCC2)nc1-c1ccn(-c2ccccc2)n1. The summed E-state index contributed by atoms with van der Waals surface area (Å²) < 4.78 is 12.6. The van der Waals surface area contributed by atoms with Gasteiger partial charge in [-0.15, -0.1) is 0 Å². The van der Waals surface area contributed by atoms with Gasteiger partial charge < -0.3 is 14.4 Å². The molecule has 0 unspecified atom stereocenters. The molecule has 2 aromatic heterocycles. The molecule has 7 nitrogen and oxygen atoms in total. The number of ether oxygens (including phenoxy) is 2. The van der Waals surface area contributed by atoms with Crippen LogP contribution in [0.5, 0.6) is 5.75 Å². The molecular formula is C18H18ClN5O2. The number of anilines is 1. The third-order valence-electron chi connectivity index (χ3n) is 4.16. The van der Waals surface area contributed by atoms with Gasteiger partial charge in [-0.05, 0) is 18.2 Å². The number of benzene rings is 1. The molecule has 1 saturated heterocycles. The van der Waals surface area contributed by atoms with E-state index in [-0.39, 0.29) is 5.15 Å². The Hall–Kier alpha value is -2.64. The molecule has 1 aromatic carbocycles. The molecule has 0 saturated carbocycles. The molecule has 0 atom stereocenters. The summed E-state index contributed by atoms with van der Waals surface area (Å²) in [6, 6.07) is 11.8. The van der Waals surface area contributed by atoms with E-state index in [1.54, 1.807) is 11.8 Å². The van der Waals surface area contributed by atoms with Crippen LogP contribution in [-0.2, 0) is 4.74 Å². The third-order valence-corrected chi connectivity index (χ3v) is 4.42. The van der Waals surface area contributed by atoms with Gasteiger partial charge in [0.2, 0.25) is 5.95 Å². The number of hydrogen-bond acceptors (Lipinski definition) is 6. The molecule has 8 heteroatoms. The maximum Gasteiger partial charge on any atom is 0.227 e. The molecule has 134 valence electrons. The zero-order chi connectivity index (χ0) is 17.9. The second-order valence-corrected chi connectivity index (χ2v) is 6.13. The molecule has 0 spiro atoms. The van der Waals surface area contributed by atoms with E-state index in [1.807, 2.05) is 47.5 Å². The molecule has 1 fully saturated rings. The van der Waals surface area contributed by atoms with Gasteiger partial charge in [0.15, 0.2) is 10.9 Å². The zero-order valence-electron chi connectivity index (χ0n) is 14.3. The van der Waals surface area contributed by atoms with Crippen LogP contribution >= 0.6 is 11.6 Å². The number of methoxy groups -OCH3 is 1. The van der Waals surface area contributed by atoms with E-state index in [9.17, 15) is 0 Å². The normalized spacial score (nSPS) is 14.5. The van der Waals surface area contributed by atoms with Crippen LogP contribution in [0, 0.1) is 0 Å². The zero-order valence-corrected chi connectivity index (χ0v) is 15.1. The summed E-state index contributed by atoms with van der Waals surface area (Å²) in [5, 5.41) is 4.90. The van der Waals surface area contributed by atoms with Crippen molar-refractivity contribution in [2.24, 2.45) is 0 Å². The highest BCUT2D eigenvalue weighted by molar-refractivity contribution is 6.31. The molecule has 3 aromatic rings. The summed E-state index contributed by atoms with van der Waals surface area (Å²) in [6.45, 7) is 2.73. The van der Waals surface area contributed by atoms with Crippen molar-refractivity contribution in [2.45, 2.75) is 0 Å². The summed E-state index contributed by atoms with van der Waals surface area (Å²) in [5.41, 5.74) is 2.21. The van der Waals surface area contributed by atoms with Crippen LogP contribution in [0.1, 0.15) is 0 Å². The third kappa shape index (κ3) is 3.23. The van der Waals surface area contributed by atoms with Crippen LogP contribution in [0.25, 0.3) is 17.1 Å². The highest BCUT2D eigenvalue weighted by atomic mass is 35.5. The number of rotatable bonds is 4. The van der Waals surface area contributed by atoms with Gasteiger partial charge in [0.1, 0.15) is 11.4 Å². The van der Waals surface area contributed by atoms with Crippen molar-refractivity contribution in [2.75, 3.05) is 38.3 Å². The lowest BCUT2D eigenvalue weighted by molar-refractivity contribution is 0.122. The van der Waals surface area contributed by atoms with E-state index in [1.165, 1.54) is 0 Å². The van der Waals surface area contributed by atoms with Crippen molar-refractivity contribution in [3.8, 4) is 22.8 Å². The topological polar surface area (TPSA) is 65.3 Å². The lowest BCUT2D eigenvalue weighted by Gasteiger charge is -2.27. The monoisotopic (exact) mass is 371 g/mol. The molecule has 0 amide bonds. The number of hydrogen-bond donors (Lipinski definition) is 0. The number of halogens is 1. The Labute approximate surface area is 156 Å². The maximum absolute atomic E-state index is 6.36. The first-order valence-electron chi connectivity index (χ1n) is 8.32. The van der Waals surface area contributed by atoms with E-state index in [0.29, 0.717) is 36.3 Å². The maximum atomic E-state index is 6.36. The highest BCUT2D eigenvalue weighted by Crippen LogP contribution is 2.34. The van der Waals surface area contributed by atoms with Crippen LogP contribution in [0.4, 0.5) is 5.95 Å². The average Bonchev–Trinajstić information content (AvgIpc) is 3.19. The fourth-order valence-electron chi connectivity index (χ4n) is 2.85. The Morgan fingerprint density at radius 1 is 1.08 bits per heavy atom. The molecule has 4 rings (SSSR count). The predicted octanol–water partition coefficient (Wildman–Crippen LogP) is 2.83. The molecule has 1 aliphatic heterocycles. The molecule has 1 aliphatic rings. The number of morpholine rings is 1. The van der Waals surface area contributed by atoms with Gasteiger partial charge in [-0.1, -0.05) is 29.8 Å². The first kappa shape index (κ1) is 16.8. The van der Waals surface area contributed by atoms with Crippen molar-refractivity contribution in [1.29, 1.82) is 0 Å². The van der Waals surface area contributed by atoms with Crippen LogP contribution < -0.4 is 9.64 Å². The second kappa shape index (κ2) is 7.31. The van der Waals surface area contributed by atoms with Crippen LogP contribution in [0.15, 0.2) is 42.6 Å². The molecule has 0 radical (unpaired) electrons. The van der Waals surface area contributed by atoms with Gasteiger partial charge in [-0.3, -0.25) is 0 Å². The van der Waals surface area contributed by atoms with Crippen molar-refractivity contribution >= 4 is 17.5 Å². The van der Waals surface area contributed by atoms with Crippen molar-refractivity contribution < 1.29 is 9.47 Å². The van der Waals surface area contributed by atoms with E-state index < -0.39 is 0 Å². The first-order valence-corrected chi connectivity index (χ1v) is 8.70. The Balaban J connectivity index is 1.75. The van der Waals surface area contributed by atoms with Gasteiger partial charge in [-0.25, -0.2) is 9.67 Å². The van der Waals surface area contributed by atoms with Crippen LogP contribution in [0.2, 0.25) is 5.15 Å². The first-order chi connectivity index (χ1) is 12.8. The predicted molar refractivity (Wildman–Crippen MR) is 99.2 cm³/mol. The molecule has 0 aliphatic carbocycles. The fourth-order valence-corrected chi connectivity index (χ4v) is 3.09. The Bertz CT molecular complexity index is 894. The van der Waals surface area contributed by atoms with E-state index in [4.69, 9.17) is 21.1 Å². The Morgan fingerprint density at radius 3 is 2.58 bits per heavy atom. The quantitative estimate of drug-likeness (QED) is 0.657. The summed E-state index contributed by atoms with van der Waals surface area (Å²) in [5.74, 6) is 0.977. The van der Waals surface area contributed by atoms with Crippen molar-refractivity contribution in [1.82, 2.24) is 19.7 Å². The fraction of sp³-hybridized carbons (Fsp3) is 0.278. The van der Waals surface area contributed by atoms with Gasteiger partial charge in [0.25, 0.3) is 0 Å². The number of para-hydroxylation sites is 1. The average molecular weight is 372 g/mol. The van der Waals surface area contributed by atoms with Gasteiger partial charge in [-0.2, -0.15) is 10.1 Å². The summed E-state index contributed by atoms with van der Waals surface area (Å²) in [6.07, 6.45) is 1.88. The van der Waals surface area contributed by atoms with Crippen LogP contribution in [0.3, 0.4) is 0 Å². The molecule has 0 bridgehead atoms. The highest BCUT2D eigenvalue weighted by Gasteiger charge is 2.22.